The zero-order valence-electron chi connectivity index (χ0n) is 11.8. The number of nitrogens with zero attached hydrogens (tertiary/aromatic N) is 1. The Morgan fingerprint density at radius 3 is 2.91 bits per heavy atom. The largest absolute Gasteiger partial charge is 0.508 e. The molecule has 0 spiro atoms. The average Bonchev–Trinajstić information content (AvgIpc) is 2.47. The number of amides is 1. The number of hydrogen-bond donors (Lipinski definition) is 2. The molecule has 1 amide bonds. The normalized spacial score (nSPS) is 10.9. The average molecular weight is 321 g/mol. The number of phenols is 1. The van der Waals surface area contributed by atoms with Crippen LogP contribution in [0, 0.1) is 12.7 Å². The third-order valence-electron chi connectivity index (χ3n) is 2.98. The number of benzene rings is 2. The van der Waals surface area contributed by atoms with E-state index in [1.807, 2.05) is 0 Å². The lowest BCUT2D eigenvalue weighted by molar-refractivity contribution is -0.120. The topological polar surface area (TPSA) is 61.7 Å². The zero-order chi connectivity index (χ0) is 16.1. The summed E-state index contributed by atoms with van der Waals surface area (Å²) >= 11 is 5.99. The molecule has 2 rings (SSSR count). The SMILES string of the molecule is Cc1ccc(F)c(C=NNC(=O)Cc2cccc(O)c2)c1Cl. The standard InChI is InChI=1S/C16H14ClFN2O2/c1-10-5-6-14(18)13(16(10)17)9-19-20-15(22)8-11-3-2-4-12(21)7-11/h2-7,9,21H,8H2,1H3,(H,20,22). The molecule has 0 aromatic heterocycles. The van der Waals surface area contributed by atoms with Crippen LogP contribution in [0.3, 0.4) is 0 Å². The maximum Gasteiger partial charge on any atom is 0.244 e. The van der Waals surface area contributed by atoms with E-state index >= 15 is 0 Å². The van der Waals surface area contributed by atoms with Gasteiger partial charge in [0.25, 0.3) is 0 Å². The van der Waals surface area contributed by atoms with E-state index in [1.54, 1.807) is 25.1 Å². The first kappa shape index (κ1) is 16.0. The van der Waals surface area contributed by atoms with Gasteiger partial charge in [0, 0.05) is 5.56 Å². The van der Waals surface area contributed by atoms with Crippen LogP contribution >= 0.6 is 11.6 Å². The summed E-state index contributed by atoms with van der Waals surface area (Å²) in [5.41, 5.74) is 3.78. The third-order valence-corrected chi connectivity index (χ3v) is 3.48. The van der Waals surface area contributed by atoms with Crippen molar-refractivity contribution < 1.29 is 14.3 Å². The lowest BCUT2D eigenvalue weighted by atomic mass is 10.1. The molecule has 6 heteroatoms. The molecule has 2 aromatic rings. The van der Waals surface area contributed by atoms with Gasteiger partial charge >= 0.3 is 0 Å². The first-order chi connectivity index (χ1) is 10.5. The molecular weight excluding hydrogens is 307 g/mol. The van der Waals surface area contributed by atoms with E-state index in [0.717, 1.165) is 5.56 Å². The summed E-state index contributed by atoms with van der Waals surface area (Å²) in [6.07, 6.45) is 1.22. The van der Waals surface area contributed by atoms with Crippen molar-refractivity contribution in [3.05, 3.63) is 63.9 Å². The molecule has 0 saturated heterocycles. The Kier molecular flexibility index (Phi) is 5.12. The highest BCUT2D eigenvalue weighted by molar-refractivity contribution is 6.33. The van der Waals surface area contributed by atoms with Crippen LogP contribution in [0.2, 0.25) is 5.02 Å². The van der Waals surface area contributed by atoms with Crippen molar-refractivity contribution in [1.82, 2.24) is 5.43 Å². The number of hydrazone groups is 1. The molecule has 0 aliphatic rings. The molecule has 0 unspecified atom stereocenters. The lowest BCUT2D eigenvalue weighted by Crippen LogP contribution is -2.19. The molecule has 0 radical (unpaired) electrons. The Labute approximate surface area is 132 Å². The Hall–Kier alpha value is -2.40. The van der Waals surface area contributed by atoms with Gasteiger partial charge in [-0.1, -0.05) is 29.8 Å². The fourth-order valence-corrected chi connectivity index (χ4v) is 2.06. The fourth-order valence-electron chi connectivity index (χ4n) is 1.86. The number of hydrogen-bond acceptors (Lipinski definition) is 3. The second-order valence-corrected chi connectivity index (χ2v) is 5.11. The molecule has 0 bridgehead atoms. The minimum absolute atomic E-state index is 0.0514. The quantitative estimate of drug-likeness (QED) is 0.671. The minimum Gasteiger partial charge on any atom is -0.508 e. The van der Waals surface area contributed by atoms with Gasteiger partial charge in [0.05, 0.1) is 17.7 Å². The van der Waals surface area contributed by atoms with Gasteiger partial charge in [0.1, 0.15) is 11.6 Å². The van der Waals surface area contributed by atoms with Gasteiger partial charge in [-0.3, -0.25) is 4.79 Å². The fraction of sp³-hybridized carbons (Fsp3) is 0.125. The van der Waals surface area contributed by atoms with E-state index in [0.29, 0.717) is 5.56 Å². The predicted octanol–water partition coefficient (Wildman–Crippen LogP) is 3.19. The molecule has 0 heterocycles. The van der Waals surface area contributed by atoms with Gasteiger partial charge < -0.3 is 5.11 Å². The van der Waals surface area contributed by atoms with E-state index in [9.17, 15) is 14.3 Å². The first-order valence-corrected chi connectivity index (χ1v) is 6.89. The van der Waals surface area contributed by atoms with Gasteiger partial charge in [-0.2, -0.15) is 5.10 Å². The van der Waals surface area contributed by atoms with Crippen molar-refractivity contribution in [2.24, 2.45) is 5.10 Å². The Balaban J connectivity index is 2.01. The molecule has 22 heavy (non-hydrogen) atoms. The highest BCUT2D eigenvalue weighted by Crippen LogP contribution is 2.21. The molecule has 2 N–H and O–H groups in total. The second-order valence-electron chi connectivity index (χ2n) is 4.73. The van der Waals surface area contributed by atoms with Crippen LogP contribution in [0.5, 0.6) is 5.75 Å². The highest BCUT2D eigenvalue weighted by Gasteiger charge is 2.08. The molecule has 0 aliphatic heterocycles. The predicted molar refractivity (Wildman–Crippen MR) is 83.7 cm³/mol. The second kappa shape index (κ2) is 7.04. The summed E-state index contributed by atoms with van der Waals surface area (Å²) in [6.45, 7) is 1.75. The summed E-state index contributed by atoms with van der Waals surface area (Å²) < 4.78 is 13.6. The number of carbonyl (C=O) groups excluding carboxylic acids is 1. The molecule has 0 atom stereocenters. The molecule has 114 valence electrons. The zero-order valence-corrected chi connectivity index (χ0v) is 12.6. The van der Waals surface area contributed by atoms with Crippen LogP contribution in [0.4, 0.5) is 4.39 Å². The maximum absolute atomic E-state index is 13.6. The first-order valence-electron chi connectivity index (χ1n) is 6.52. The van der Waals surface area contributed by atoms with Crippen LogP contribution in [0.15, 0.2) is 41.5 Å². The van der Waals surface area contributed by atoms with Crippen molar-refractivity contribution in [2.75, 3.05) is 0 Å². The molecule has 0 saturated carbocycles. The molecule has 2 aromatic carbocycles. The summed E-state index contributed by atoms with van der Waals surface area (Å²) in [4.78, 5) is 11.7. The number of carbonyl (C=O) groups is 1. The molecular formula is C16H14ClFN2O2. The van der Waals surface area contributed by atoms with Crippen molar-refractivity contribution in [3.63, 3.8) is 0 Å². The van der Waals surface area contributed by atoms with Gasteiger partial charge in [0.2, 0.25) is 5.91 Å². The summed E-state index contributed by atoms with van der Waals surface area (Å²) in [6, 6.07) is 9.21. The van der Waals surface area contributed by atoms with Crippen LogP contribution in [0.25, 0.3) is 0 Å². The van der Waals surface area contributed by atoms with Crippen molar-refractivity contribution in [1.29, 1.82) is 0 Å². The Bertz CT molecular complexity index is 732. The summed E-state index contributed by atoms with van der Waals surface area (Å²) in [7, 11) is 0. The Morgan fingerprint density at radius 1 is 1.41 bits per heavy atom. The van der Waals surface area contributed by atoms with E-state index in [2.05, 4.69) is 10.5 Å². The smallest absolute Gasteiger partial charge is 0.244 e. The number of halogens is 2. The number of nitrogens with one attached hydrogen (secondary N) is 1. The van der Waals surface area contributed by atoms with E-state index < -0.39 is 5.82 Å². The van der Waals surface area contributed by atoms with Crippen LogP contribution in [-0.4, -0.2) is 17.2 Å². The summed E-state index contributed by atoms with van der Waals surface area (Å²) in [5.74, 6) is -0.810. The lowest BCUT2D eigenvalue weighted by Gasteiger charge is -2.04. The number of aromatic hydroxyl groups is 1. The van der Waals surface area contributed by atoms with E-state index in [1.165, 1.54) is 24.4 Å². The third kappa shape index (κ3) is 4.05. The molecule has 0 fully saturated rings. The van der Waals surface area contributed by atoms with Crippen molar-refractivity contribution >= 4 is 23.7 Å². The van der Waals surface area contributed by atoms with Crippen LogP contribution in [-0.2, 0) is 11.2 Å². The van der Waals surface area contributed by atoms with Gasteiger partial charge in [-0.15, -0.1) is 0 Å². The highest BCUT2D eigenvalue weighted by atomic mass is 35.5. The van der Waals surface area contributed by atoms with Gasteiger partial charge in [-0.25, -0.2) is 9.82 Å². The summed E-state index contributed by atoms with van der Waals surface area (Å²) in [5, 5.41) is 13.3. The van der Waals surface area contributed by atoms with Crippen molar-refractivity contribution in [2.45, 2.75) is 13.3 Å². The van der Waals surface area contributed by atoms with E-state index in [-0.39, 0.29) is 28.7 Å². The minimum atomic E-state index is -0.512. The van der Waals surface area contributed by atoms with Crippen LogP contribution < -0.4 is 5.43 Å². The Morgan fingerprint density at radius 2 is 2.18 bits per heavy atom. The maximum atomic E-state index is 13.6. The van der Waals surface area contributed by atoms with Gasteiger partial charge in [-0.05, 0) is 36.2 Å². The van der Waals surface area contributed by atoms with Gasteiger partial charge in [0.15, 0.2) is 0 Å². The number of rotatable bonds is 4. The van der Waals surface area contributed by atoms with Crippen LogP contribution in [0.1, 0.15) is 16.7 Å². The molecule has 4 nitrogen and oxygen atoms in total. The number of phenolic OH excluding ortho intramolecular Hbond substituents is 1. The van der Waals surface area contributed by atoms with Crippen molar-refractivity contribution in [3.8, 4) is 5.75 Å². The molecule has 0 aliphatic carbocycles. The van der Waals surface area contributed by atoms with E-state index in [4.69, 9.17) is 11.6 Å². The monoisotopic (exact) mass is 320 g/mol. The number of aryl methyl sites for hydroxylation is 1.